The summed E-state index contributed by atoms with van der Waals surface area (Å²) in [6, 6.07) is 15.5. The van der Waals surface area contributed by atoms with E-state index in [1.807, 2.05) is 43.3 Å². The van der Waals surface area contributed by atoms with Gasteiger partial charge in [0.1, 0.15) is 5.56 Å². The molecule has 0 saturated carbocycles. The summed E-state index contributed by atoms with van der Waals surface area (Å²) in [7, 11) is 0. The average Bonchev–Trinajstić information content (AvgIpc) is 2.67. The highest BCUT2D eigenvalue weighted by Crippen LogP contribution is 2.44. The van der Waals surface area contributed by atoms with E-state index in [0.29, 0.717) is 0 Å². The number of benzene rings is 2. The van der Waals surface area contributed by atoms with E-state index >= 15 is 0 Å². The number of amides is 1. The van der Waals surface area contributed by atoms with Crippen LogP contribution in [0.15, 0.2) is 69.2 Å². The number of nitrogens with one attached hydrogen (secondary N) is 2. The number of hydrogen-bond acceptors (Lipinski definition) is 3. The van der Waals surface area contributed by atoms with Crippen molar-refractivity contribution >= 4 is 17.7 Å². The van der Waals surface area contributed by atoms with Gasteiger partial charge in [-0.2, -0.15) is 0 Å². The number of H-pyrrole nitrogens is 1. The fourth-order valence-corrected chi connectivity index (χ4v) is 4.46. The van der Waals surface area contributed by atoms with Gasteiger partial charge in [-0.25, -0.2) is 8.78 Å². The molecule has 28 heavy (non-hydrogen) atoms. The van der Waals surface area contributed by atoms with Gasteiger partial charge in [0.05, 0.1) is 11.7 Å². The molecule has 142 valence electrons. The summed E-state index contributed by atoms with van der Waals surface area (Å²) in [6.07, 6.45) is -2.80. The van der Waals surface area contributed by atoms with Crippen molar-refractivity contribution < 1.29 is 13.6 Å². The first-order valence-electron chi connectivity index (χ1n) is 8.63. The van der Waals surface area contributed by atoms with E-state index in [0.717, 1.165) is 38.6 Å². The van der Waals surface area contributed by atoms with Crippen LogP contribution in [0.2, 0.25) is 0 Å². The number of halogens is 2. The van der Waals surface area contributed by atoms with Crippen LogP contribution in [0.5, 0.6) is 0 Å². The maximum absolute atomic E-state index is 12.8. The van der Waals surface area contributed by atoms with Gasteiger partial charge < -0.3 is 10.3 Å². The number of rotatable bonds is 3. The molecule has 1 amide bonds. The number of carbonyl (C=O) groups is 1. The Labute approximate surface area is 164 Å². The van der Waals surface area contributed by atoms with E-state index in [2.05, 4.69) is 16.4 Å². The van der Waals surface area contributed by atoms with E-state index in [4.69, 9.17) is 0 Å². The highest BCUT2D eigenvalue weighted by molar-refractivity contribution is 7.99. The van der Waals surface area contributed by atoms with Crippen LogP contribution in [0, 0.1) is 6.92 Å². The van der Waals surface area contributed by atoms with Gasteiger partial charge in [-0.3, -0.25) is 9.59 Å². The molecular weight excluding hydrogens is 382 g/mol. The molecule has 4 rings (SSSR count). The lowest BCUT2D eigenvalue weighted by atomic mass is 9.96. The average molecular weight is 398 g/mol. The van der Waals surface area contributed by atoms with Crippen LogP contribution in [0.25, 0.3) is 0 Å². The van der Waals surface area contributed by atoms with Gasteiger partial charge in [0.15, 0.2) is 0 Å². The summed E-state index contributed by atoms with van der Waals surface area (Å²) in [5, 5.41) is 2.90. The monoisotopic (exact) mass is 398 g/mol. The number of carbonyl (C=O) groups excluding carboxylic acids is 1. The van der Waals surface area contributed by atoms with Crippen molar-refractivity contribution in [3.05, 3.63) is 92.9 Å². The molecule has 0 aliphatic carbocycles. The second-order valence-electron chi connectivity index (χ2n) is 6.54. The zero-order valence-electron chi connectivity index (χ0n) is 14.8. The standard InChI is InChI=1S/C21H16F2N2O2S/c1-11-6-7-13-17(10-11)28-16-5-3-2-4-12(16)18(13)25-21(27)14-8-9-15(19(22)23)24-20(14)26/h2-10,18-19H,1H3,(H,24,26)(H,25,27). The highest BCUT2D eigenvalue weighted by atomic mass is 32.2. The third-order valence-corrected chi connectivity index (χ3v) is 5.78. The minimum absolute atomic E-state index is 0.200. The summed E-state index contributed by atoms with van der Waals surface area (Å²) >= 11 is 1.63. The predicted octanol–water partition coefficient (Wildman–Crippen LogP) is 4.60. The largest absolute Gasteiger partial charge is 0.341 e. The van der Waals surface area contributed by atoms with Crippen molar-refractivity contribution in [1.82, 2.24) is 10.3 Å². The van der Waals surface area contributed by atoms with Gasteiger partial charge in [0.2, 0.25) is 0 Å². The number of fused-ring (bicyclic) bond motifs is 2. The van der Waals surface area contributed by atoms with Crippen LogP contribution in [0.1, 0.15) is 45.2 Å². The van der Waals surface area contributed by atoms with E-state index in [-0.39, 0.29) is 5.56 Å². The lowest BCUT2D eigenvalue weighted by molar-refractivity contribution is 0.0939. The number of aromatic amines is 1. The van der Waals surface area contributed by atoms with Gasteiger partial charge in [-0.05, 0) is 47.9 Å². The molecule has 0 radical (unpaired) electrons. The van der Waals surface area contributed by atoms with Crippen molar-refractivity contribution in [2.75, 3.05) is 0 Å². The minimum atomic E-state index is -2.80. The number of alkyl halides is 2. The van der Waals surface area contributed by atoms with Gasteiger partial charge in [-0.15, -0.1) is 0 Å². The summed E-state index contributed by atoms with van der Waals surface area (Å²) in [5.74, 6) is -0.611. The van der Waals surface area contributed by atoms with Crippen LogP contribution < -0.4 is 10.9 Å². The van der Waals surface area contributed by atoms with Gasteiger partial charge in [0.25, 0.3) is 17.9 Å². The molecule has 0 bridgehead atoms. The Morgan fingerprint density at radius 3 is 2.57 bits per heavy atom. The normalized spacial score (nSPS) is 15.1. The molecular formula is C21H16F2N2O2S. The minimum Gasteiger partial charge on any atom is -0.341 e. The summed E-state index contributed by atoms with van der Waals surface area (Å²) in [6.45, 7) is 2.00. The molecule has 7 heteroatoms. The topological polar surface area (TPSA) is 62.0 Å². The van der Waals surface area contributed by atoms with Crippen LogP contribution in [-0.4, -0.2) is 10.9 Å². The SMILES string of the molecule is Cc1ccc2c(c1)Sc1ccccc1C2NC(=O)c1ccc(C(F)F)[nH]c1=O. The van der Waals surface area contributed by atoms with Crippen LogP contribution in [0.3, 0.4) is 0 Å². The number of aryl methyl sites for hydroxylation is 1. The number of pyridine rings is 1. The summed E-state index contributed by atoms with van der Waals surface area (Å²) in [5.41, 5.74) is 1.42. The molecule has 2 aromatic carbocycles. The molecule has 0 fully saturated rings. The first-order chi connectivity index (χ1) is 13.4. The van der Waals surface area contributed by atoms with E-state index < -0.39 is 29.6 Å². The Balaban J connectivity index is 1.72. The second kappa shape index (κ2) is 7.24. The van der Waals surface area contributed by atoms with Crippen LogP contribution >= 0.6 is 11.8 Å². The Bertz CT molecular complexity index is 1130. The molecule has 1 aliphatic rings. The van der Waals surface area contributed by atoms with Crippen LogP contribution in [0.4, 0.5) is 8.78 Å². The molecule has 2 heterocycles. The molecule has 1 atom stereocenters. The summed E-state index contributed by atoms with van der Waals surface area (Å²) in [4.78, 5) is 29.0. The first-order valence-corrected chi connectivity index (χ1v) is 9.45. The fraction of sp³-hybridized carbons (Fsp3) is 0.143. The lowest BCUT2D eigenvalue weighted by Gasteiger charge is -2.28. The maximum Gasteiger partial charge on any atom is 0.278 e. The zero-order valence-corrected chi connectivity index (χ0v) is 15.6. The van der Waals surface area contributed by atoms with E-state index in [9.17, 15) is 18.4 Å². The van der Waals surface area contributed by atoms with Gasteiger partial charge >= 0.3 is 0 Å². The Morgan fingerprint density at radius 2 is 1.82 bits per heavy atom. The van der Waals surface area contributed by atoms with E-state index in [1.165, 1.54) is 0 Å². The van der Waals surface area contributed by atoms with Crippen LogP contribution in [-0.2, 0) is 0 Å². The smallest absolute Gasteiger partial charge is 0.278 e. The Kier molecular flexibility index (Phi) is 4.77. The molecule has 4 nitrogen and oxygen atoms in total. The van der Waals surface area contributed by atoms with Crippen molar-refractivity contribution in [2.45, 2.75) is 29.2 Å². The number of hydrogen-bond donors (Lipinski definition) is 2. The second-order valence-corrected chi connectivity index (χ2v) is 7.63. The fourth-order valence-electron chi connectivity index (χ4n) is 3.23. The molecule has 1 unspecified atom stereocenters. The Hall–Kier alpha value is -2.93. The molecule has 1 aromatic heterocycles. The van der Waals surface area contributed by atoms with Gasteiger partial charge in [-0.1, -0.05) is 42.1 Å². The molecule has 2 N–H and O–H groups in total. The van der Waals surface area contributed by atoms with Gasteiger partial charge in [0, 0.05) is 9.79 Å². The molecule has 0 spiro atoms. The third-order valence-electron chi connectivity index (χ3n) is 4.62. The summed E-state index contributed by atoms with van der Waals surface area (Å²) < 4.78 is 25.5. The van der Waals surface area contributed by atoms with Crippen molar-refractivity contribution in [3.8, 4) is 0 Å². The lowest BCUT2D eigenvalue weighted by Crippen LogP contribution is -2.34. The Morgan fingerprint density at radius 1 is 1.07 bits per heavy atom. The molecule has 0 saturated heterocycles. The third kappa shape index (κ3) is 3.33. The quantitative estimate of drug-likeness (QED) is 0.678. The van der Waals surface area contributed by atoms with E-state index in [1.54, 1.807) is 11.8 Å². The van der Waals surface area contributed by atoms with Crippen molar-refractivity contribution in [2.24, 2.45) is 0 Å². The maximum atomic E-state index is 12.8. The predicted molar refractivity (Wildman–Crippen MR) is 103 cm³/mol. The zero-order chi connectivity index (χ0) is 19.8. The first kappa shape index (κ1) is 18.4. The highest BCUT2D eigenvalue weighted by Gasteiger charge is 2.28. The molecule has 1 aliphatic heterocycles. The molecule has 3 aromatic rings. The number of aromatic nitrogens is 1. The van der Waals surface area contributed by atoms with Crippen molar-refractivity contribution in [3.63, 3.8) is 0 Å². The van der Waals surface area contributed by atoms with Crippen molar-refractivity contribution in [1.29, 1.82) is 0 Å².